The molecule has 0 bridgehead atoms. The molecule has 3 amide bonds. The van der Waals surface area contributed by atoms with Crippen LogP contribution < -0.4 is 5.32 Å². The molecule has 6 nitrogen and oxygen atoms in total. The Hall–Kier alpha value is -0.860. The van der Waals surface area contributed by atoms with E-state index in [2.05, 4.69) is 5.32 Å². The zero-order valence-corrected chi connectivity index (χ0v) is 9.69. The number of rotatable bonds is 2. The van der Waals surface area contributed by atoms with Crippen LogP contribution in [-0.4, -0.2) is 63.1 Å². The van der Waals surface area contributed by atoms with Gasteiger partial charge in [-0.15, -0.1) is 11.8 Å². The van der Waals surface area contributed by atoms with E-state index in [0.29, 0.717) is 0 Å². The van der Waals surface area contributed by atoms with Gasteiger partial charge in [0, 0.05) is 13.0 Å². The Morgan fingerprint density at radius 2 is 2.24 bits per heavy atom. The molecule has 0 aromatic carbocycles. The van der Waals surface area contributed by atoms with Crippen molar-refractivity contribution in [2.45, 2.75) is 29.3 Å². The van der Waals surface area contributed by atoms with Gasteiger partial charge in [0.05, 0.1) is 11.9 Å². The van der Waals surface area contributed by atoms with Crippen LogP contribution in [0.3, 0.4) is 0 Å². The molecule has 4 atom stereocenters. The molecule has 2 fully saturated rings. The molecule has 17 heavy (non-hydrogen) atoms. The quantitative estimate of drug-likeness (QED) is 0.599. The van der Waals surface area contributed by atoms with Gasteiger partial charge in [-0.25, -0.2) is 9.18 Å². The molecule has 2 aliphatic rings. The highest BCUT2D eigenvalue weighted by Gasteiger charge is 2.48. The summed E-state index contributed by atoms with van der Waals surface area (Å²) in [5, 5.41) is 19.1. The molecule has 8 heteroatoms. The van der Waals surface area contributed by atoms with E-state index in [1.807, 2.05) is 0 Å². The fourth-order valence-electron chi connectivity index (χ4n) is 1.92. The molecule has 2 aliphatic heterocycles. The third kappa shape index (κ3) is 2.24. The number of carbonyl (C=O) groups excluding carboxylic acids is 2. The van der Waals surface area contributed by atoms with Crippen molar-refractivity contribution in [1.82, 2.24) is 10.2 Å². The Morgan fingerprint density at radius 1 is 1.53 bits per heavy atom. The maximum absolute atomic E-state index is 13.8. The second-order valence-corrected chi connectivity index (χ2v) is 5.34. The maximum atomic E-state index is 13.8. The molecule has 0 radical (unpaired) electrons. The van der Waals surface area contributed by atoms with Crippen molar-refractivity contribution in [2.24, 2.45) is 0 Å². The van der Waals surface area contributed by atoms with Crippen molar-refractivity contribution in [1.29, 1.82) is 0 Å². The zero-order valence-electron chi connectivity index (χ0n) is 8.88. The molecule has 2 rings (SSSR count). The summed E-state index contributed by atoms with van der Waals surface area (Å²) in [4.78, 5) is 23.7. The Balaban J connectivity index is 2.08. The summed E-state index contributed by atoms with van der Waals surface area (Å²) < 4.78 is 13.8. The predicted octanol–water partition coefficient (Wildman–Crippen LogP) is -0.939. The summed E-state index contributed by atoms with van der Waals surface area (Å²) >= 11 is 1.02. The summed E-state index contributed by atoms with van der Waals surface area (Å²) in [6.07, 6.45) is -2.79. The fraction of sp³-hybridized carbons (Fsp3) is 0.778. The van der Waals surface area contributed by atoms with E-state index in [9.17, 15) is 19.1 Å². The Labute approximate surface area is 101 Å². The number of aliphatic hydroxyl groups excluding tert-OH is 2. The summed E-state index contributed by atoms with van der Waals surface area (Å²) in [6, 6.07) is -0.646. The van der Waals surface area contributed by atoms with Gasteiger partial charge in [0.2, 0.25) is 5.91 Å². The second-order valence-electron chi connectivity index (χ2n) is 3.98. The normalized spacial score (nSPS) is 38.4. The smallest absolute Gasteiger partial charge is 0.325 e. The van der Waals surface area contributed by atoms with Crippen molar-refractivity contribution in [2.75, 3.05) is 13.2 Å². The molecule has 2 heterocycles. The van der Waals surface area contributed by atoms with Crippen molar-refractivity contribution in [3.8, 4) is 0 Å². The third-order valence-corrected chi connectivity index (χ3v) is 4.44. The standard InChI is InChI=1S/C9H13FN2O4S/c10-6-7(15)4(3-13)17-8(6)12-2-1-5(14)11-9(12)16/h4,6-8,13,15H,1-3H2,(H,11,14,16)/t4-,6+,7-,8-/m1/s1. The van der Waals surface area contributed by atoms with E-state index in [4.69, 9.17) is 5.11 Å². The molecule has 0 aromatic rings. The SMILES string of the molecule is O=C1CCN([C@@H]2S[C@H](CO)[C@@H](O)[C@@H]2F)C(=O)N1. The van der Waals surface area contributed by atoms with E-state index in [-0.39, 0.29) is 25.5 Å². The van der Waals surface area contributed by atoms with Crippen LogP contribution in [0.25, 0.3) is 0 Å². The van der Waals surface area contributed by atoms with Gasteiger partial charge in [-0.05, 0) is 0 Å². The number of hydrogen-bond acceptors (Lipinski definition) is 5. The predicted molar refractivity (Wildman–Crippen MR) is 58.0 cm³/mol. The molecule has 96 valence electrons. The number of nitrogens with zero attached hydrogens (tertiary/aromatic N) is 1. The number of nitrogens with one attached hydrogen (secondary N) is 1. The number of halogens is 1. The van der Waals surface area contributed by atoms with Crippen molar-refractivity contribution in [3.05, 3.63) is 0 Å². The number of carbonyl (C=O) groups is 2. The minimum Gasteiger partial charge on any atom is -0.395 e. The lowest BCUT2D eigenvalue weighted by Gasteiger charge is -2.32. The van der Waals surface area contributed by atoms with Gasteiger partial charge in [-0.1, -0.05) is 0 Å². The van der Waals surface area contributed by atoms with Crippen LogP contribution in [0.1, 0.15) is 6.42 Å². The summed E-state index contributed by atoms with van der Waals surface area (Å²) in [5.41, 5.74) is 0. The number of aliphatic hydroxyl groups is 2. The van der Waals surface area contributed by atoms with Gasteiger partial charge in [0.15, 0.2) is 6.17 Å². The highest BCUT2D eigenvalue weighted by Crippen LogP contribution is 2.38. The molecule has 3 N–H and O–H groups in total. The minimum absolute atomic E-state index is 0.120. The molecule has 0 unspecified atom stereocenters. The van der Waals surface area contributed by atoms with Crippen LogP contribution in [-0.2, 0) is 4.79 Å². The molecule has 2 saturated heterocycles. The summed E-state index contributed by atoms with van der Waals surface area (Å²) in [7, 11) is 0. The molecule has 0 aromatic heterocycles. The average molecular weight is 264 g/mol. The second kappa shape index (κ2) is 4.79. The summed E-state index contributed by atoms with van der Waals surface area (Å²) in [6.45, 7) is -0.217. The Morgan fingerprint density at radius 3 is 2.76 bits per heavy atom. The Kier molecular flexibility index (Phi) is 3.55. The number of amides is 3. The number of thioether (sulfide) groups is 1. The number of hydrogen-bond donors (Lipinski definition) is 3. The first-order valence-electron chi connectivity index (χ1n) is 5.23. The van der Waals surface area contributed by atoms with Crippen molar-refractivity contribution in [3.63, 3.8) is 0 Å². The van der Waals surface area contributed by atoms with E-state index >= 15 is 0 Å². The summed E-state index contributed by atoms with van der Waals surface area (Å²) in [5.74, 6) is -0.385. The third-order valence-electron chi connectivity index (χ3n) is 2.87. The molecule has 0 aliphatic carbocycles. The van der Waals surface area contributed by atoms with Gasteiger partial charge in [0.1, 0.15) is 11.5 Å². The minimum atomic E-state index is -1.61. The lowest BCUT2D eigenvalue weighted by atomic mass is 10.1. The van der Waals surface area contributed by atoms with Crippen LogP contribution in [0.5, 0.6) is 0 Å². The highest BCUT2D eigenvalue weighted by atomic mass is 32.2. The van der Waals surface area contributed by atoms with Crippen LogP contribution in [0.15, 0.2) is 0 Å². The first kappa shape index (κ1) is 12.6. The van der Waals surface area contributed by atoms with Gasteiger partial charge in [-0.2, -0.15) is 0 Å². The number of alkyl halides is 1. The monoisotopic (exact) mass is 264 g/mol. The van der Waals surface area contributed by atoms with E-state index in [1.54, 1.807) is 0 Å². The first-order valence-corrected chi connectivity index (χ1v) is 6.17. The van der Waals surface area contributed by atoms with Crippen LogP contribution >= 0.6 is 11.8 Å². The average Bonchev–Trinajstić information content (AvgIpc) is 2.57. The molecular weight excluding hydrogens is 251 g/mol. The van der Waals surface area contributed by atoms with Crippen LogP contribution in [0.4, 0.5) is 9.18 Å². The van der Waals surface area contributed by atoms with Crippen LogP contribution in [0, 0.1) is 0 Å². The van der Waals surface area contributed by atoms with Crippen molar-refractivity contribution >= 4 is 23.7 Å². The van der Waals surface area contributed by atoms with Gasteiger partial charge in [-0.3, -0.25) is 10.1 Å². The lowest BCUT2D eigenvalue weighted by molar-refractivity contribution is -0.121. The van der Waals surface area contributed by atoms with Crippen LogP contribution in [0.2, 0.25) is 0 Å². The first-order chi connectivity index (χ1) is 8.04. The van der Waals surface area contributed by atoms with Gasteiger partial charge >= 0.3 is 6.03 Å². The largest absolute Gasteiger partial charge is 0.395 e. The topological polar surface area (TPSA) is 89.9 Å². The van der Waals surface area contributed by atoms with Crippen molar-refractivity contribution < 1.29 is 24.2 Å². The highest BCUT2D eigenvalue weighted by molar-refractivity contribution is 8.00. The molecule has 0 spiro atoms. The van der Waals surface area contributed by atoms with Gasteiger partial charge < -0.3 is 15.1 Å². The van der Waals surface area contributed by atoms with Gasteiger partial charge in [0.25, 0.3) is 0 Å². The van der Waals surface area contributed by atoms with E-state index in [0.717, 1.165) is 11.8 Å². The molecule has 0 saturated carbocycles. The lowest BCUT2D eigenvalue weighted by Crippen LogP contribution is -2.54. The number of urea groups is 1. The Bertz CT molecular complexity index is 343. The number of imide groups is 1. The zero-order chi connectivity index (χ0) is 12.6. The van der Waals surface area contributed by atoms with E-state index < -0.39 is 28.9 Å². The maximum Gasteiger partial charge on any atom is 0.325 e. The molecular formula is C9H13FN2O4S. The fourth-order valence-corrected chi connectivity index (χ4v) is 3.34. The van der Waals surface area contributed by atoms with E-state index in [1.165, 1.54) is 4.90 Å².